The lowest BCUT2D eigenvalue weighted by Gasteiger charge is -2.12. The number of aromatic nitrogens is 5. The number of benzene rings is 2. The Labute approximate surface area is 181 Å². The summed E-state index contributed by atoms with van der Waals surface area (Å²) < 4.78 is 3.41. The van der Waals surface area contributed by atoms with Gasteiger partial charge in [0.05, 0.1) is 21.7 Å². The second-order valence-electron chi connectivity index (χ2n) is 7.23. The molecule has 0 aliphatic carbocycles. The van der Waals surface area contributed by atoms with E-state index in [-0.39, 0.29) is 11.6 Å². The van der Waals surface area contributed by atoms with Crippen molar-refractivity contribution in [3.63, 3.8) is 0 Å². The molecule has 0 aliphatic heterocycles. The molecule has 0 saturated carbocycles. The van der Waals surface area contributed by atoms with Crippen LogP contribution in [-0.4, -0.2) is 24.1 Å². The van der Waals surface area contributed by atoms with Crippen LogP contribution in [0.4, 0.5) is 0 Å². The van der Waals surface area contributed by atoms with Crippen LogP contribution in [0.5, 0.6) is 0 Å². The molecule has 5 aromatic rings. The molecule has 0 saturated heterocycles. The highest BCUT2D eigenvalue weighted by atomic mass is 35.5. The van der Waals surface area contributed by atoms with Crippen LogP contribution in [0.2, 0.25) is 10.0 Å². The Bertz CT molecular complexity index is 1510. The van der Waals surface area contributed by atoms with Gasteiger partial charge in [0.15, 0.2) is 11.3 Å². The molecule has 0 aliphatic rings. The molecule has 30 heavy (non-hydrogen) atoms. The first kappa shape index (κ1) is 19.0. The van der Waals surface area contributed by atoms with E-state index in [0.29, 0.717) is 43.4 Å². The summed E-state index contributed by atoms with van der Waals surface area (Å²) in [6.07, 6.45) is 2.38. The van der Waals surface area contributed by atoms with E-state index in [1.54, 1.807) is 33.7 Å². The summed E-state index contributed by atoms with van der Waals surface area (Å²) in [5.41, 5.74) is 3.33. The van der Waals surface area contributed by atoms with Gasteiger partial charge in [-0.2, -0.15) is 0 Å². The smallest absolute Gasteiger partial charge is 0.265 e. The fourth-order valence-electron chi connectivity index (χ4n) is 3.65. The standard InChI is InChI=1S/C22H17Cl2N5O/c1-3-12(2)28-11-25-20-18(22(28)30)19-21(27-16-7-5-4-6-15(16)26-19)29(20)17-10-13(23)8-9-14(17)24/h4-12H,3H2,1-2H3/t12-/m1/s1. The van der Waals surface area contributed by atoms with E-state index in [1.165, 1.54) is 0 Å². The van der Waals surface area contributed by atoms with Crippen LogP contribution in [-0.2, 0) is 0 Å². The van der Waals surface area contributed by atoms with Crippen LogP contribution in [0.25, 0.3) is 38.9 Å². The van der Waals surface area contributed by atoms with Crippen molar-refractivity contribution in [3.8, 4) is 5.69 Å². The van der Waals surface area contributed by atoms with E-state index in [0.717, 1.165) is 11.9 Å². The Kier molecular flexibility index (Phi) is 4.49. The maximum absolute atomic E-state index is 13.5. The van der Waals surface area contributed by atoms with Gasteiger partial charge in [0.2, 0.25) is 0 Å². The van der Waals surface area contributed by atoms with Gasteiger partial charge >= 0.3 is 0 Å². The molecule has 150 valence electrons. The van der Waals surface area contributed by atoms with Crippen molar-refractivity contribution < 1.29 is 0 Å². The Morgan fingerprint density at radius 3 is 2.50 bits per heavy atom. The highest BCUT2D eigenvalue weighted by Crippen LogP contribution is 2.33. The van der Waals surface area contributed by atoms with Gasteiger partial charge in [-0.25, -0.2) is 15.0 Å². The largest absolute Gasteiger partial charge is 0.296 e. The summed E-state index contributed by atoms with van der Waals surface area (Å²) >= 11 is 12.8. The number of rotatable bonds is 3. The minimum atomic E-state index is -0.152. The molecule has 0 radical (unpaired) electrons. The summed E-state index contributed by atoms with van der Waals surface area (Å²) in [7, 11) is 0. The summed E-state index contributed by atoms with van der Waals surface area (Å²) in [5, 5.41) is 1.41. The molecule has 2 aromatic carbocycles. The van der Waals surface area contributed by atoms with Crippen molar-refractivity contribution in [3.05, 3.63) is 69.2 Å². The fourth-order valence-corrected chi connectivity index (χ4v) is 4.01. The highest BCUT2D eigenvalue weighted by molar-refractivity contribution is 6.34. The Balaban J connectivity index is 2.02. The van der Waals surface area contributed by atoms with Gasteiger partial charge in [0.1, 0.15) is 17.2 Å². The van der Waals surface area contributed by atoms with Gasteiger partial charge < -0.3 is 0 Å². The normalized spacial score (nSPS) is 12.8. The van der Waals surface area contributed by atoms with Crippen molar-refractivity contribution in [1.29, 1.82) is 0 Å². The van der Waals surface area contributed by atoms with E-state index < -0.39 is 0 Å². The van der Waals surface area contributed by atoms with Gasteiger partial charge in [0.25, 0.3) is 5.56 Å². The zero-order chi connectivity index (χ0) is 21.0. The molecule has 3 aromatic heterocycles. The van der Waals surface area contributed by atoms with Crippen molar-refractivity contribution >= 4 is 56.4 Å². The van der Waals surface area contributed by atoms with Gasteiger partial charge in [0, 0.05) is 11.1 Å². The first-order valence-corrected chi connectivity index (χ1v) is 10.4. The van der Waals surface area contributed by atoms with Crippen LogP contribution in [0, 0.1) is 0 Å². The molecule has 8 heteroatoms. The molecule has 3 heterocycles. The molecular weight excluding hydrogens is 421 g/mol. The summed E-state index contributed by atoms with van der Waals surface area (Å²) in [6, 6.07) is 12.7. The Hall–Kier alpha value is -2.96. The SMILES string of the molecule is CC[C@@H](C)n1cnc2c(c1=O)c1nc3ccccc3nc1n2-c1cc(Cl)ccc1Cl. The number of halogens is 2. The predicted molar refractivity (Wildman–Crippen MR) is 121 cm³/mol. The lowest BCUT2D eigenvalue weighted by Crippen LogP contribution is -2.23. The average Bonchev–Trinajstić information content (AvgIpc) is 3.07. The van der Waals surface area contributed by atoms with Gasteiger partial charge in [-0.05, 0) is 43.7 Å². The Morgan fingerprint density at radius 1 is 1.03 bits per heavy atom. The topological polar surface area (TPSA) is 65.6 Å². The molecule has 6 nitrogen and oxygen atoms in total. The van der Waals surface area contributed by atoms with E-state index in [9.17, 15) is 4.79 Å². The van der Waals surface area contributed by atoms with E-state index in [2.05, 4.69) is 4.98 Å². The lowest BCUT2D eigenvalue weighted by molar-refractivity contribution is 0.510. The number of fused-ring (bicyclic) bond motifs is 4. The summed E-state index contributed by atoms with van der Waals surface area (Å²) in [4.78, 5) is 27.7. The molecule has 0 spiro atoms. The molecule has 0 bridgehead atoms. The highest BCUT2D eigenvalue weighted by Gasteiger charge is 2.23. The van der Waals surface area contributed by atoms with E-state index in [1.807, 2.05) is 38.1 Å². The third-order valence-corrected chi connectivity index (χ3v) is 5.96. The third-order valence-electron chi connectivity index (χ3n) is 5.40. The van der Waals surface area contributed by atoms with Crippen molar-refractivity contribution in [2.75, 3.05) is 0 Å². The maximum Gasteiger partial charge on any atom is 0.265 e. The number of hydrogen-bond acceptors (Lipinski definition) is 4. The predicted octanol–water partition coefficient (Wildman–Crippen LogP) is 5.56. The van der Waals surface area contributed by atoms with Crippen LogP contribution in [0.15, 0.2) is 53.6 Å². The Morgan fingerprint density at radius 2 is 1.77 bits per heavy atom. The lowest BCUT2D eigenvalue weighted by atomic mass is 10.2. The van der Waals surface area contributed by atoms with Crippen LogP contribution in [0.3, 0.4) is 0 Å². The summed E-state index contributed by atoms with van der Waals surface area (Å²) in [5.74, 6) is 0. The molecule has 0 unspecified atom stereocenters. The third kappa shape index (κ3) is 2.79. The molecule has 1 atom stereocenters. The molecule has 0 amide bonds. The fraction of sp³-hybridized carbons (Fsp3) is 0.182. The number of nitrogens with zero attached hydrogens (tertiary/aromatic N) is 5. The van der Waals surface area contributed by atoms with Crippen molar-refractivity contribution in [2.45, 2.75) is 26.3 Å². The van der Waals surface area contributed by atoms with Gasteiger partial charge in [-0.1, -0.05) is 42.3 Å². The van der Waals surface area contributed by atoms with Gasteiger partial charge in [-0.3, -0.25) is 13.9 Å². The zero-order valence-corrected chi connectivity index (χ0v) is 17.8. The monoisotopic (exact) mass is 437 g/mol. The average molecular weight is 438 g/mol. The minimum Gasteiger partial charge on any atom is -0.296 e. The van der Waals surface area contributed by atoms with Crippen molar-refractivity contribution in [1.82, 2.24) is 24.1 Å². The summed E-state index contributed by atoms with van der Waals surface area (Å²) in [6.45, 7) is 4.02. The molecule has 0 N–H and O–H groups in total. The first-order chi connectivity index (χ1) is 14.5. The van der Waals surface area contributed by atoms with Crippen molar-refractivity contribution in [2.24, 2.45) is 0 Å². The van der Waals surface area contributed by atoms with Gasteiger partial charge in [-0.15, -0.1) is 0 Å². The van der Waals surface area contributed by atoms with Crippen LogP contribution in [0.1, 0.15) is 26.3 Å². The van der Waals surface area contributed by atoms with E-state index in [4.69, 9.17) is 33.2 Å². The van der Waals surface area contributed by atoms with Crippen LogP contribution >= 0.6 is 23.2 Å². The minimum absolute atomic E-state index is 0.0102. The quantitative estimate of drug-likeness (QED) is 0.370. The number of hydrogen-bond donors (Lipinski definition) is 0. The number of para-hydroxylation sites is 2. The van der Waals surface area contributed by atoms with E-state index >= 15 is 0 Å². The molecule has 5 rings (SSSR count). The molecular formula is C22H17Cl2N5O. The second-order valence-corrected chi connectivity index (χ2v) is 8.07. The first-order valence-electron chi connectivity index (χ1n) is 9.63. The maximum atomic E-state index is 13.5. The second kappa shape index (κ2) is 7.07. The molecule has 0 fully saturated rings. The van der Waals surface area contributed by atoms with Crippen LogP contribution < -0.4 is 5.56 Å². The zero-order valence-electron chi connectivity index (χ0n) is 16.3.